The van der Waals surface area contributed by atoms with Crippen LogP contribution in [-0.2, 0) is 19.6 Å². The van der Waals surface area contributed by atoms with Gasteiger partial charge in [-0.15, -0.1) is 0 Å². The molecule has 3 aliphatic heterocycles. The number of hydrogen-bond acceptors (Lipinski definition) is 6. The largest absolute Gasteiger partial charge is 0.486 e. The molecule has 1 N–H and O–H groups in total. The van der Waals surface area contributed by atoms with Gasteiger partial charge in [-0.05, 0) is 49.2 Å². The molecule has 0 aliphatic carbocycles. The second-order valence-electron chi connectivity index (χ2n) is 8.71. The van der Waals surface area contributed by atoms with Gasteiger partial charge < -0.3 is 19.7 Å². The fraction of sp³-hybridized carbons (Fsp3) is 0.417. The number of anilines is 2. The van der Waals surface area contributed by atoms with Crippen LogP contribution in [-0.4, -0.2) is 57.4 Å². The number of carbonyl (C=O) groups excluding carboxylic acids is 2. The number of nitrogens with zero attached hydrogens (tertiary/aromatic N) is 2. The number of piperidine rings is 1. The molecule has 3 aliphatic rings. The van der Waals surface area contributed by atoms with Crippen molar-refractivity contribution in [3.05, 3.63) is 42.5 Å². The van der Waals surface area contributed by atoms with Crippen molar-refractivity contribution >= 4 is 33.2 Å². The van der Waals surface area contributed by atoms with E-state index < -0.39 is 15.9 Å². The summed E-state index contributed by atoms with van der Waals surface area (Å²) in [5.74, 6) is 0.294. The molecular formula is C24H27N3O6S. The van der Waals surface area contributed by atoms with Gasteiger partial charge in [0.1, 0.15) is 13.2 Å². The van der Waals surface area contributed by atoms with Crippen molar-refractivity contribution in [1.82, 2.24) is 4.31 Å². The first-order chi connectivity index (χ1) is 16.4. The molecule has 2 aromatic carbocycles. The van der Waals surface area contributed by atoms with Crippen LogP contribution in [0.5, 0.6) is 11.5 Å². The molecule has 2 amide bonds. The van der Waals surface area contributed by atoms with Crippen molar-refractivity contribution in [3.63, 3.8) is 0 Å². The number of rotatable bonds is 5. The van der Waals surface area contributed by atoms with Gasteiger partial charge in [0, 0.05) is 43.5 Å². The second-order valence-corrected chi connectivity index (χ2v) is 10.6. The van der Waals surface area contributed by atoms with Crippen LogP contribution in [0, 0.1) is 5.92 Å². The number of ether oxygens (including phenoxy) is 2. The molecule has 5 rings (SSSR count). The Labute approximate surface area is 198 Å². The molecule has 10 heteroatoms. The lowest BCUT2D eigenvalue weighted by Crippen LogP contribution is -2.35. The number of hydrogen-bond donors (Lipinski definition) is 1. The van der Waals surface area contributed by atoms with Gasteiger partial charge in [0.2, 0.25) is 21.8 Å². The predicted molar refractivity (Wildman–Crippen MR) is 126 cm³/mol. The SMILES string of the molecule is O=C(Nc1ccc(S(=O)(=O)N2CCCCC2)cc1)C1CC(=O)N(c2ccc3c(c2)OCCO3)C1. The Bertz CT molecular complexity index is 1190. The van der Waals surface area contributed by atoms with Crippen LogP contribution in [0.15, 0.2) is 47.4 Å². The molecule has 0 spiro atoms. The summed E-state index contributed by atoms with van der Waals surface area (Å²) in [4.78, 5) is 27.3. The maximum absolute atomic E-state index is 12.8. The highest BCUT2D eigenvalue weighted by molar-refractivity contribution is 7.89. The lowest BCUT2D eigenvalue weighted by Gasteiger charge is -2.25. The highest BCUT2D eigenvalue weighted by Gasteiger charge is 2.36. The van der Waals surface area contributed by atoms with E-state index in [1.807, 2.05) is 0 Å². The fourth-order valence-electron chi connectivity index (χ4n) is 4.54. The Morgan fingerprint density at radius 3 is 2.38 bits per heavy atom. The molecular weight excluding hydrogens is 458 g/mol. The highest BCUT2D eigenvalue weighted by atomic mass is 32.2. The minimum Gasteiger partial charge on any atom is -0.486 e. The number of carbonyl (C=O) groups is 2. The molecule has 2 saturated heterocycles. The summed E-state index contributed by atoms with van der Waals surface area (Å²) in [5, 5.41) is 2.81. The summed E-state index contributed by atoms with van der Waals surface area (Å²) < 4.78 is 38.2. The maximum atomic E-state index is 12.8. The Kier molecular flexibility index (Phi) is 6.18. The molecule has 3 heterocycles. The van der Waals surface area contributed by atoms with E-state index in [2.05, 4.69) is 5.32 Å². The summed E-state index contributed by atoms with van der Waals surface area (Å²) in [6.07, 6.45) is 2.89. The molecule has 1 atom stereocenters. The maximum Gasteiger partial charge on any atom is 0.243 e. The first-order valence-corrected chi connectivity index (χ1v) is 13.0. The van der Waals surface area contributed by atoms with Crippen molar-refractivity contribution in [2.45, 2.75) is 30.6 Å². The molecule has 34 heavy (non-hydrogen) atoms. The summed E-state index contributed by atoms with van der Waals surface area (Å²) in [6, 6.07) is 11.5. The Morgan fingerprint density at radius 1 is 0.941 bits per heavy atom. The van der Waals surface area contributed by atoms with Crippen LogP contribution in [0.3, 0.4) is 0 Å². The average Bonchev–Trinajstić information content (AvgIpc) is 3.26. The molecule has 0 aromatic heterocycles. The van der Waals surface area contributed by atoms with Gasteiger partial charge >= 0.3 is 0 Å². The van der Waals surface area contributed by atoms with Crippen LogP contribution >= 0.6 is 0 Å². The topological polar surface area (TPSA) is 105 Å². The van der Waals surface area contributed by atoms with E-state index in [9.17, 15) is 18.0 Å². The molecule has 0 saturated carbocycles. The highest BCUT2D eigenvalue weighted by Crippen LogP contribution is 2.36. The predicted octanol–water partition coefficient (Wildman–Crippen LogP) is 2.62. The fourth-order valence-corrected chi connectivity index (χ4v) is 6.06. The molecule has 9 nitrogen and oxygen atoms in total. The molecule has 1 unspecified atom stereocenters. The van der Waals surface area contributed by atoms with Crippen molar-refractivity contribution in [2.75, 3.05) is 43.1 Å². The third-order valence-electron chi connectivity index (χ3n) is 6.41. The van der Waals surface area contributed by atoms with Crippen molar-refractivity contribution in [1.29, 1.82) is 0 Å². The van der Waals surface area contributed by atoms with Crippen LogP contribution in [0.25, 0.3) is 0 Å². The molecule has 2 aromatic rings. The van der Waals surface area contributed by atoms with E-state index in [-0.39, 0.29) is 29.7 Å². The van der Waals surface area contributed by atoms with E-state index >= 15 is 0 Å². The van der Waals surface area contributed by atoms with Crippen LogP contribution in [0.4, 0.5) is 11.4 Å². The van der Waals surface area contributed by atoms with E-state index in [4.69, 9.17) is 9.47 Å². The lowest BCUT2D eigenvalue weighted by atomic mass is 10.1. The molecule has 180 valence electrons. The first kappa shape index (κ1) is 22.7. The quantitative estimate of drug-likeness (QED) is 0.698. The van der Waals surface area contributed by atoms with Gasteiger partial charge in [-0.3, -0.25) is 9.59 Å². The number of fused-ring (bicyclic) bond motifs is 1. The zero-order valence-electron chi connectivity index (χ0n) is 18.7. The summed E-state index contributed by atoms with van der Waals surface area (Å²) in [6.45, 7) is 2.27. The monoisotopic (exact) mass is 485 g/mol. The normalized spacial score (nSPS) is 20.9. The summed E-state index contributed by atoms with van der Waals surface area (Å²) >= 11 is 0. The van der Waals surface area contributed by atoms with E-state index in [0.29, 0.717) is 49.2 Å². The van der Waals surface area contributed by atoms with Gasteiger partial charge in [-0.1, -0.05) is 6.42 Å². The smallest absolute Gasteiger partial charge is 0.243 e. The minimum atomic E-state index is -3.52. The van der Waals surface area contributed by atoms with Crippen LogP contribution in [0.2, 0.25) is 0 Å². The third kappa shape index (κ3) is 4.47. The minimum absolute atomic E-state index is 0.0989. The Morgan fingerprint density at radius 2 is 1.65 bits per heavy atom. The van der Waals surface area contributed by atoms with Crippen molar-refractivity contribution < 1.29 is 27.5 Å². The molecule has 2 fully saturated rings. The van der Waals surface area contributed by atoms with Gasteiger partial charge in [0.05, 0.1) is 10.8 Å². The van der Waals surface area contributed by atoms with E-state index in [1.165, 1.54) is 16.4 Å². The van der Waals surface area contributed by atoms with Gasteiger partial charge in [-0.2, -0.15) is 4.31 Å². The number of nitrogens with one attached hydrogen (secondary N) is 1. The van der Waals surface area contributed by atoms with E-state index in [1.54, 1.807) is 35.2 Å². The first-order valence-electron chi connectivity index (χ1n) is 11.5. The summed E-state index contributed by atoms with van der Waals surface area (Å²) in [5.41, 5.74) is 1.16. The molecule has 0 radical (unpaired) electrons. The number of sulfonamides is 1. The number of benzene rings is 2. The van der Waals surface area contributed by atoms with Gasteiger partial charge in [-0.25, -0.2) is 8.42 Å². The van der Waals surface area contributed by atoms with Crippen molar-refractivity contribution in [3.8, 4) is 11.5 Å². The van der Waals surface area contributed by atoms with E-state index in [0.717, 1.165) is 19.3 Å². The van der Waals surface area contributed by atoms with Gasteiger partial charge in [0.25, 0.3) is 0 Å². The number of amides is 2. The van der Waals surface area contributed by atoms with Crippen LogP contribution < -0.4 is 19.7 Å². The van der Waals surface area contributed by atoms with Gasteiger partial charge in [0.15, 0.2) is 11.5 Å². The Balaban J connectivity index is 1.23. The summed E-state index contributed by atoms with van der Waals surface area (Å²) in [7, 11) is -3.52. The molecule has 0 bridgehead atoms. The average molecular weight is 486 g/mol. The van der Waals surface area contributed by atoms with Crippen LogP contribution in [0.1, 0.15) is 25.7 Å². The van der Waals surface area contributed by atoms with Crippen molar-refractivity contribution in [2.24, 2.45) is 5.92 Å². The zero-order chi connectivity index (χ0) is 23.7. The second kappa shape index (κ2) is 9.27. The Hall–Kier alpha value is -3.11. The lowest BCUT2D eigenvalue weighted by molar-refractivity contribution is -0.122. The zero-order valence-corrected chi connectivity index (χ0v) is 19.6. The standard InChI is InChI=1S/C24H27N3O6S/c28-23-14-17(16-27(23)19-6-9-21-22(15-19)33-13-12-32-21)24(29)25-18-4-7-20(8-5-18)34(30,31)26-10-2-1-3-11-26/h4-9,15,17H,1-3,10-14,16H2,(H,25,29). The third-order valence-corrected chi connectivity index (χ3v) is 8.32.